The average Bonchev–Trinajstić information content (AvgIpc) is 1.35. The first-order chi connectivity index (χ1) is 2.56. The summed E-state index contributed by atoms with van der Waals surface area (Å²) in [6.45, 7) is 2.42. The molecule has 0 atom stereocenters. The maximum absolute atomic E-state index is 11.8. The lowest BCUT2D eigenvalue weighted by Gasteiger charge is -1.98. The van der Waals surface area contributed by atoms with Gasteiger partial charge in [0.15, 0.2) is 12.0 Å². The molecule has 0 aromatic rings. The molecular weight excluding hydrogens is 83.0 g/mol. The standard InChI is InChI=1S/C4H7FO/c1-4(2,5)3-6/h3H,1-2H3. The van der Waals surface area contributed by atoms with Crippen molar-refractivity contribution in [3.63, 3.8) is 0 Å². The molecule has 0 bridgehead atoms. The molecule has 2 heteroatoms. The van der Waals surface area contributed by atoms with Gasteiger partial charge in [-0.2, -0.15) is 0 Å². The topological polar surface area (TPSA) is 17.1 Å². The van der Waals surface area contributed by atoms with Gasteiger partial charge in [0.1, 0.15) is 0 Å². The first-order valence-corrected chi connectivity index (χ1v) is 1.71. The smallest absolute Gasteiger partial charge is 0.160 e. The van der Waals surface area contributed by atoms with Gasteiger partial charge in [0.25, 0.3) is 0 Å². The van der Waals surface area contributed by atoms with E-state index in [1.807, 2.05) is 0 Å². The zero-order valence-electron chi connectivity index (χ0n) is 3.86. The van der Waals surface area contributed by atoms with Crippen molar-refractivity contribution in [1.82, 2.24) is 0 Å². The van der Waals surface area contributed by atoms with E-state index in [0.717, 1.165) is 0 Å². The largest absolute Gasteiger partial charge is 0.300 e. The summed E-state index contributed by atoms with van der Waals surface area (Å²) in [6, 6.07) is 0. The van der Waals surface area contributed by atoms with Crippen LogP contribution in [0.2, 0.25) is 0 Å². The minimum Gasteiger partial charge on any atom is -0.300 e. The Kier molecular flexibility index (Phi) is 1.28. The number of carbonyl (C=O) groups is 1. The van der Waals surface area contributed by atoms with Crippen LogP contribution in [0.3, 0.4) is 0 Å². The van der Waals surface area contributed by atoms with Crippen LogP contribution in [-0.4, -0.2) is 12.0 Å². The summed E-state index contributed by atoms with van der Waals surface area (Å²) in [6.07, 6.45) is 0.271. The van der Waals surface area contributed by atoms with E-state index in [4.69, 9.17) is 0 Å². The second-order valence-corrected chi connectivity index (χ2v) is 1.68. The summed E-state index contributed by atoms with van der Waals surface area (Å²) < 4.78 is 11.8. The van der Waals surface area contributed by atoms with Gasteiger partial charge < -0.3 is 0 Å². The second-order valence-electron chi connectivity index (χ2n) is 1.68. The molecular formula is C4H7FO. The highest BCUT2D eigenvalue weighted by Crippen LogP contribution is 2.00. The summed E-state index contributed by atoms with van der Waals surface area (Å²) in [4.78, 5) is 9.45. The quantitative estimate of drug-likeness (QED) is 0.438. The fourth-order valence-electron chi connectivity index (χ4n) is 0. The highest BCUT2D eigenvalue weighted by molar-refractivity contribution is 5.60. The van der Waals surface area contributed by atoms with E-state index in [0.29, 0.717) is 0 Å². The third-order valence-corrected chi connectivity index (χ3v) is 0.280. The first kappa shape index (κ1) is 5.60. The highest BCUT2D eigenvalue weighted by atomic mass is 19.1. The van der Waals surface area contributed by atoms with E-state index in [2.05, 4.69) is 0 Å². The van der Waals surface area contributed by atoms with Crippen molar-refractivity contribution >= 4 is 6.29 Å². The van der Waals surface area contributed by atoms with E-state index in [9.17, 15) is 9.18 Å². The van der Waals surface area contributed by atoms with Crippen molar-refractivity contribution in [3.8, 4) is 0 Å². The lowest BCUT2D eigenvalue weighted by molar-refractivity contribution is -0.115. The normalized spacial score (nSPS) is 11.2. The van der Waals surface area contributed by atoms with Gasteiger partial charge >= 0.3 is 0 Å². The van der Waals surface area contributed by atoms with Crippen molar-refractivity contribution in [2.75, 3.05) is 0 Å². The summed E-state index contributed by atoms with van der Waals surface area (Å²) in [5.74, 6) is 0. The van der Waals surface area contributed by atoms with Crippen molar-refractivity contribution in [2.45, 2.75) is 19.5 Å². The molecule has 0 fully saturated rings. The van der Waals surface area contributed by atoms with Crippen molar-refractivity contribution in [1.29, 1.82) is 0 Å². The number of hydrogen-bond donors (Lipinski definition) is 0. The predicted octanol–water partition coefficient (Wildman–Crippen LogP) is 0.933. The molecule has 0 aliphatic heterocycles. The maximum atomic E-state index is 11.8. The number of carbonyl (C=O) groups excluding carboxylic acids is 1. The third-order valence-electron chi connectivity index (χ3n) is 0.280. The fraction of sp³-hybridized carbons (Fsp3) is 0.750. The zero-order chi connectivity index (χ0) is 5.21. The van der Waals surface area contributed by atoms with E-state index in [-0.39, 0.29) is 6.29 Å². The minimum atomic E-state index is -1.64. The van der Waals surface area contributed by atoms with E-state index in [1.165, 1.54) is 13.8 Å². The molecule has 0 spiro atoms. The van der Waals surface area contributed by atoms with Gasteiger partial charge in [0.05, 0.1) is 0 Å². The van der Waals surface area contributed by atoms with Crippen LogP contribution in [0.15, 0.2) is 0 Å². The molecule has 0 unspecified atom stereocenters. The number of alkyl halides is 1. The van der Waals surface area contributed by atoms with Gasteiger partial charge in [-0.15, -0.1) is 0 Å². The van der Waals surface area contributed by atoms with Crippen LogP contribution in [0, 0.1) is 0 Å². The first-order valence-electron chi connectivity index (χ1n) is 1.71. The van der Waals surface area contributed by atoms with Crippen LogP contribution >= 0.6 is 0 Å². The van der Waals surface area contributed by atoms with Gasteiger partial charge in [-0.05, 0) is 13.8 Å². The van der Waals surface area contributed by atoms with Crippen LogP contribution in [-0.2, 0) is 4.79 Å². The summed E-state index contributed by atoms with van der Waals surface area (Å²) in [5, 5.41) is 0. The molecule has 1 nitrogen and oxygen atoms in total. The molecule has 0 aromatic carbocycles. The number of halogens is 1. The Labute approximate surface area is 36.2 Å². The molecule has 0 saturated heterocycles. The van der Waals surface area contributed by atoms with Gasteiger partial charge in [0, 0.05) is 0 Å². The molecule has 6 heavy (non-hydrogen) atoms. The van der Waals surface area contributed by atoms with Crippen LogP contribution in [0.25, 0.3) is 0 Å². The van der Waals surface area contributed by atoms with Gasteiger partial charge in [-0.3, -0.25) is 4.79 Å². The maximum Gasteiger partial charge on any atom is 0.160 e. The molecule has 0 aliphatic carbocycles. The van der Waals surface area contributed by atoms with Crippen LogP contribution < -0.4 is 0 Å². The molecule has 36 valence electrons. The van der Waals surface area contributed by atoms with E-state index < -0.39 is 5.67 Å². The fourth-order valence-corrected chi connectivity index (χ4v) is 0. The van der Waals surface area contributed by atoms with Gasteiger partial charge in [-0.25, -0.2) is 4.39 Å². The van der Waals surface area contributed by atoms with Crippen molar-refractivity contribution < 1.29 is 9.18 Å². The molecule has 0 heterocycles. The van der Waals surface area contributed by atoms with Crippen molar-refractivity contribution in [2.24, 2.45) is 0 Å². The predicted molar refractivity (Wildman–Crippen MR) is 21.3 cm³/mol. The molecule has 0 amide bonds. The van der Waals surface area contributed by atoms with Crippen molar-refractivity contribution in [3.05, 3.63) is 0 Å². The average molecular weight is 90.1 g/mol. The number of aldehydes is 1. The summed E-state index contributed by atoms with van der Waals surface area (Å²) >= 11 is 0. The lowest BCUT2D eigenvalue weighted by atomic mass is 10.2. The Morgan fingerprint density at radius 1 is 1.67 bits per heavy atom. The number of hydrogen-bond acceptors (Lipinski definition) is 1. The Balaban J connectivity index is 3.45. The minimum absolute atomic E-state index is 0.271. The summed E-state index contributed by atoms with van der Waals surface area (Å²) in [5.41, 5.74) is -1.64. The zero-order valence-corrected chi connectivity index (χ0v) is 3.86. The van der Waals surface area contributed by atoms with Crippen LogP contribution in [0.5, 0.6) is 0 Å². The molecule has 0 aromatic heterocycles. The SMILES string of the molecule is CC(C)(F)C=O. The molecule has 0 radical (unpaired) electrons. The number of rotatable bonds is 1. The molecule has 0 saturated carbocycles. The molecule has 0 aliphatic rings. The Morgan fingerprint density at radius 2 is 1.83 bits per heavy atom. The van der Waals surface area contributed by atoms with E-state index >= 15 is 0 Å². The van der Waals surface area contributed by atoms with Gasteiger partial charge in [-0.1, -0.05) is 0 Å². The Morgan fingerprint density at radius 3 is 1.83 bits per heavy atom. The molecule has 0 rings (SSSR count). The Bertz CT molecular complexity index is 53.1. The lowest BCUT2D eigenvalue weighted by Crippen LogP contribution is -2.11. The van der Waals surface area contributed by atoms with Gasteiger partial charge in [0.2, 0.25) is 0 Å². The van der Waals surface area contributed by atoms with Crippen LogP contribution in [0.4, 0.5) is 4.39 Å². The van der Waals surface area contributed by atoms with Crippen LogP contribution in [0.1, 0.15) is 13.8 Å². The Hall–Kier alpha value is -0.400. The highest BCUT2D eigenvalue weighted by Gasteiger charge is 2.10. The molecule has 0 N–H and O–H groups in total. The third kappa shape index (κ3) is 3.60. The van der Waals surface area contributed by atoms with E-state index in [1.54, 1.807) is 0 Å². The monoisotopic (exact) mass is 90.0 g/mol. The second kappa shape index (κ2) is 1.37. The summed E-state index contributed by atoms with van der Waals surface area (Å²) in [7, 11) is 0.